The minimum atomic E-state index is 0.827. The lowest BCUT2D eigenvalue weighted by atomic mass is 10.0. The molecule has 0 heterocycles. The van der Waals surface area contributed by atoms with E-state index >= 15 is 0 Å². The van der Waals surface area contributed by atoms with E-state index in [1.165, 1.54) is 16.7 Å². The topological polar surface area (TPSA) is 9.23 Å². The first-order valence-corrected chi connectivity index (χ1v) is 5.30. The highest BCUT2D eigenvalue weighted by Crippen LogP contribution is 2.13. The van der Waals surface area contributed by atoms with Crippen LogP contribution in [0, 0.1) is 19.9 Å². The zero-order valence-corrected chi connectivity index (χ0v) is 9.39. The maximum Gasteiger partial charge on any atom is 0.0506 e. The summed E-state index contributed by atoms with van der Waals surface area (Å²) in [7, 11) is 0. The average Bonchev–Trinajstić information content (AvgIpc) is 2.16. The molecule has 0 fully saturated rings. The number of hydrogen-bond donors (Lipinski definition) is 0. The van der Waals surface area contributed by atoms with Crippen LogP contribution in [0.4, 0.5) is 0 Å². The van der Waals surface area contributed by atoms with Gasteiger partial charge in [0.1, 0.15) is 0 Å². The molecule has 0 unspecified atom stereocenters. The van der Waals surface area contributed by atoms with Gasteiger partial charge >= 0.3 is 0 Å². The molecule has 0 saturated heterocycles. The summed E-state index contributed by atoms with van der Waals surface area (Å²) in [6, 6.07) is 7.33. The first kappa shape index (κ1) is 11.3. The van der Waals surface area contributed by atoms with Gasteiger partial charge in [-0.3, -0.25) is 0 Å². The summed E-state index contributed by atoms with van der Waals surface area (Å²) in [4.78, 5) is 0. The Kier molecular flexibility index (Phi) is 4.68. The van der Waals surface area contributed by atoms with Crippen LogP contribution < -0.4 is 0 Å². The normalized spacial score (nSPS) is 10.5. The van der Waals surface area contributed by atoms with Crippen LogP contribution in [0.25, 0.3) is 0 Å². The SMILES string of the molecule is CCCOCCc1c(C)[c]ccc1C. The second kappa shape index (κ2) is 5.82. The van der Waals surface area contributed by atoms with E-state index in [1.54, 1.807) is 0 Å². The maximum atomic E-state index is 5.48. The molecule has 0 N–H and O–H groups in total. The lowest BCUT2D eigenvalue weighted by Gasteiger charge is -2.09. The second-order valence-corrected chi connectivity index (χ2v) is 3.63. The third kappa shape index (κ3) is 3.15. The molecule has 0 aliphatic heterocycles. The predicted molar refractivity (Wildman–Crippen MR) is 59.6 cm³/mol. The molecule has 1 aromatic carbocycles. The van der Waals surface area contributed by atoms with Gasteiger partial charge in [-0.25, -0.2) is 0 Å². The highest BCUT2D eigenvalue weighted by Gasteiger charge is 2.01. The minimum absolute atomic E-state index is 0.827. The quantitative estimate of drug-likeness (QED) is 0.650. The van der Waals surface area contributed by atoms with Crippen LogP contribution in [0.2, 0.25) is 0 Å². The van der Waals surface area contributed by atoms with Crippen LogP contribution >= 0.6 is 0 Å². The first-order chi connectivity index (χ1) is 6.75. The molecule has 0 bridgehead atoms. The summed E-state index contributed by atoms with van der Waals surface area (Å²) < 4.78 is 5.48. The van der Waals surface area contributed by atoms with E-state index in [0.29, 0.717) is 0 Å². The van der Waals surface area contributed by atoms with Crippen LogP contribution in [0.1, 0.15) is 30.0 Å². The van der Waals surface area contributed by atoms with Gasteiger partial charge < -0.3 is 4.74 Å². The number of benzene rings is 1. The van der Waals surface area contributed by atoms with Gasteiger partial charge in [-0.05, 0) is 49.4 Å². The molecular formula is C13H19O. The van der Waals surface area contributed by atoms with Crippen LogP contribution in [-0.4, -0.2) is 13.2 Å². The average molecular weight is 191 g/mol. The Labute approximate surface area is 87.1 Å². The van der Waals surface area contributed by atoms with Crippen LogP contribution in [0.3, 0.4) is 0 Å². The highest BCUT2D eigenvalue weighted by molar-refractivity contribution is 5.32. The predicted octanol–water partition coefficient (Wildman–Crippen LogP) is 3.07. The molecule has 77 valence electrons. The molecule has 1 rings (SSSR count). The van der Waals surface area contributed by atoms with E-state index in [-0.39, 0.29) is 0 Å². The third-order valence-corrected chi connectivity index (χ3v) is 2.41. The number of ether oxygens (including phenoxy) is 1. The van der Waals surface area contributed by atoms with E-state index in [4.69, 9.17) is 4.74 Å². The van der Waals surface area contributed by atoms with Crippen molar-refractivity contribution in [3.8, 4) is 0 Å². The molecule has 1 nitrogen and oxygen atoms in total. The Bertz CT molecular complexity index is 258. The van der Waals surface area contributed by atoms with Gasteiger partial charge in [-0.15, -0.1) is 0 Å². The summed E-state index contributed by atoms with van der Waals surface area (Å²) in [5.74, 6) is 0. The van der Waals surface area contributed by atoms with Gasteiger partial charge in [-0.2, -0.15) is 0 Å². The monoisotopic (exact) mass is 191 g/mol. The molecule has 0 saturated carbocycles. The van der Waals surface area contributed by atoms with Gasteiger partial charge in [-0.1, -0.05) is 19.1 Å². The lowest BCUT2D eigenvalue weighted by Crippen LogP contribution is -2.02. The van der Waals surface area contributed by atoms with Gasteiger partial charge in [0.15, 0.2) is 0 Å². The summed E-state index contributed by atoms with van der Waals surface area (Å²) in [6.07, 6.45) is 2.11. The van der Waals surface area contributed by atoms with Crippen molar-refractivity contribution in [1.29, 1.82) is 0 Å². The Balaban J connectivity index is 2.49. The maximum absolute atomic E-state index is 5.48. The van der Waals surface area contributed by atoms with E-state index in [1.807, 2.05) is 6.07 Å². The number of hydrogen-bond acceptors (Lipinski definition) is 1. The van der Waals surface area contributed by atoms with Crippen molar-refractivity contribution in [2.45, 2.75) is 33.6 Å². The molecule has 1 aromatic rings. The summed E-state index contributed by atoms with van der Waals surface area (Å²) in [5.41, 5.74) is 4.00. The van der Waals surface area contributed by atoms with Crippen molar-refractivity contribution in [3.05, 3.63) is 34.9 Å². The largest absolute Gasteiger partial charge is 0.381 e. The first-order valence-electron chi connectivity index (χ1n) is 5.30. The van der Waals surface area contributed by atoms with Crippen molar-refractivity contribution >= 4 is 0 Å². The minimum Gasteiger partial charge on any atom is -0.381 e. The Morgan fingerprint density at radius 2 is 2.07 bits per heavy atom. The molecule has 0 aliphatic carbocycles. The van der Waals surface area contributed by atoms with Crippen LogP contribution in [0.15, 0.2) is 12.1 Å². The van der Waals surface area contributed by atoms with E-state index in [2.05, 4.69) is 32.9 Å². The van der Waals surface area contributed by atoms with Gasteiger partial charge in [0, 0.05) is 6.61 Å². The molecule has 0 aliphatic rings. The Morgan fingerprint density at radius 3 is 2.71 bits per heavy atom. The van der Waals surface area contributed by atoms with Gasteiger partial charge in [0.05, 0.1) is 6.61 Å². The Hall–Kier alpha value is -0.820. The van der Waals surface area contributed by atoms with Crippen LogP contribution in [0.5, 0.6) is 0 Å². The molecule has 1 heteroatoms. The molecule has 0 atom stereocenters. The van der Waals surface area contributed by atoms with Crippen LogP contribution in [-0.2, 0) is 11.2 Å². The van der Waals surface area contributed by atoms with E-state index in [0.717, 1.165) is 26.1 Å². The smallest absolute Gasteiger partial charge is 0.0506 e. The molecular weight excluding hydrogens is 172 g/mol. The molecule has 0 aromatic heterocycles. The van der Waals surface area contributed by atoms with E-state index < -0.39 is 0 Å². The van der Waals surface area contributed by atoms with Gasteiger partial charge in [0.2, 0.25) is 0 Å². The second-order valence-electron chi connectivity index (χ2n) is 3.63. The van der Waals surface area contributed by atoms with Crippen molar-refractivity contribution < 1.29 is 4.74 Å². The summed E-state index contributed by atoms with van der Waals surface area (Å²) >= 11 is 0. The van der Waals surface area contributed by atoms with Crippen molar-refractivity contribution in [3.63, 3.8) is 0 Å². The fourth-order valence-corrected chi connectivity index (χ4v) is 1.58. The van der Waals surface area contributed by atoms with Gasteiger partial charge in [0.25, 0.3) is 0 Å². The number of aryl methyl sites for hydroxylation is 2. The fraction of sp³-hybridized carbons (Fsp3) is 0.538. The Morgan fingerprint density at radius 1 is 1.29 bits per heavy atom. The molecule has 0 spiro atoms. The third-order valence-electron chi connectivity index (χ3n) is 2.41. The van der Waals surface area contributed by atoms with Crippen molar-refractivity contribution in [2.24, 2.45) is 0 Å². The summed E-state index contributed by atoms with van der Waals surface area (Å²) in [5, 5.41) is 0. The van der Waals surface area contributed by atoms with Crippen molar-refractivity contribution in [2.75, 3.05) is 13.2 Å². The lowest BCUT2D eigenvalue weighted by molar-refractivity contribution is 0.137. The zero-order valence-electron chi connectivity index (χ0n) is 9.39. The zero-order chi connectivity index (χ0) is 10.4. The highest BCUT2D eigenvalue weighted by atomic mass is 16.5. The standard InChI is InChI=1S/C13H19O/c1-4-9-14-10-8-13-11(2)6-5-7-12(13)3/h5-6H,4,8-10H2,1-3H3. The fourth-order valence-electron chi connectivity index (χ4n) is 1.58. The molecule has 1 radical (unpaired) electrons. The number of rotatable bonds is 5. The molecule has 0 amide bonds. The molecule has 14 heavy (non-hydrogen) atoms. The van der Waals surface area contributed by atoms with Crippen molar-refractivity contribution in [1.82, 2.24) is 0 Å². The summed E-state index contributed by atoms with van der Waals surface area (Å²) in [6.45, 7) is 8.09. The van der Waals surface area contributed by atoms with E-state index in [9.17, 15) is 0 Å².